The number of hydrogen-bond donors (Lipinski definition) is 0. The predicted octanol–water partition coefficient (Wildman–Crippen LogP) is 6.17. The Morgan fingerprint density at radius 3 is 2.61 bits per heavy atom. The second-order valence-electron chi connectivity index (χ2n) is 7.26. The molecule has 2 aromatic carbocycles. The summed E-state index contributed by atoms with van der Waals surface area (Å²) in [6, 6.07) is 12.0. The molecule has 0 aliphatic carbocycles. The van der Waals surface area contributed by atoms with Crippen molar-refractivity contribution in [3.63, 3.8) is 0 Å². The van der Waals surface area contributed by atoms with Crippen LogP contribution in [-0.2, 0) is 12.7 Å². The molecule has 8 heteroatoms. The number of aromatic nitrogens is 2. The molecular formula is C23H18F3N3OS. The van der Waals surface area contributed by atoms with Crippen LogP contribution >= 0.6 is 11.3 Å². The molecule has 0 aliphatic heterocycles. The molecule has 0 bridgehead atoms. The van der Waals surface area contributed by atoms with Gasteiger partial charge < -0.3 is 0 Å². The van der Waals surface area contributed by atoms with E-state index < -0.39 is 17.6 Å². The van der Waals surface area contributed by atoms with Crippen LogP contribution in [0.25, 0.3) is 10.2 Å². The summed E-state index contributed by atoms with van der Waals surface area (Å²) in [7, 11) is 0. The van der Waals surface area contributed by atoms with Gasteiger partial charge in [0.2, 0.25) is 0 Å². The lowest BCUT2D eigenvalue weighted by atomic mass is 10.1. The number of halogens is 3. The van der Waals surface area contributed by atoms with Crippen molar-refractivity contribution in [2.24, 2.45) is 0 Å². The van der Waals surface area contributed by atoms with Crippen LogP contribution in [0.3, 0.4) is 0 Å². The fourth-order valence-electron chi connectivity index (χ4n) is 3.37. The molecular weight excluding hydrogens is 423 g/mol. The molecule has 0 saturated heterocycles. The van der Waals surface area contributed by atoms with Crippen molar-refractivity contribution in [1.82, 2.24) is 9.97 Å². The minimum Gasteiger partial charge on any atom is -0.279 e. The summed E-state index contributed by atoms with van der Waals surface area (Å²) in [6.07, 6.45) is -1.30. The van der Waals surface area contributed by atoms with Gasteiger partial charge in [0.1, 0.15) is 0 Å². The first-order valence-electron chi connectivity index (χ1n) is 9.48. The molecule has 4 nitrogen and oxygen atoms in total. The molecule has 0 unspecified atom stereocenters. The summed E-state index contributed by atoms with van der Waals surface area (Å²) >= 11 is 1.34. The number of hydrogen-bond acceptors (Lipinski definition) is 4. The number of fused-ring (bicyclic) bond motifs is 1. The topological polar surface area (TPSA) is 46.1 Å². The molecule has 0 atom stereocenters. The first-order chi connectivity index (χ1) is 14.7. The number of rotatable bonds is 4. The van der Waals surface area contributed by atoms with Gasteiger partial charge in [0.25, 0.3) is 5.91 Å². The summed E-state index contributed by atoms with van der Waals surface area (Å²) in [5.41, 5.74) is 2.67. The van der Waals surface area contributed by atoms with Crippen LogP contribution in [0, 0.1) is 13.8 Å². The Morgan fingerprint density at radius 2 is 1.90 bits per heavy atom. The molecule has 0 aliphatic rings. The first-order valence-corrected chi connectivity index (χ1v) is 10.3. The maximum Gasteiger partial charge on any atom is 0.416 e. The quantitative estimate of drug-likeness (QED) is 0.380. The van der Waals surface area contributed by atoms with Gasteiger partial charge in [-0.3, -0.25) is 14.7 Å². The Hall–Kier alpha value is -3.26. The van der Waals surface area contributed by atoms with E-state index in [-0.39, 0.29) is 12.1 Å². The molecule has 31 heavy (non-hydrogen) atoms. The van der Waals surface area contributed by atoms with Gasteiger partial charge in [-0.25, -0.2) is 4.98 Å². The maximum atomic E-state index is 13.4. The third-order valence-corrected chi connectivity index (χ3v) is 6.01. The largest absolute Gasteiger partial charge is 0.416 e. The number of nitrogens with zero attached hydrogens (tertiary/aromatic N) is 3. The van der Waals surface area contributed by atoms with Gasteiger partial charge in [-0.2, -0.15) is 13.2 Å². The van der Waals surface area contributed by atoms with E-state index in [2.05, 4.69) is 9.97 Å². The van der Waals surface area contributed by atoms with Gasteiger partial charge in [0.05, 0.1) is 22.3 Å². The number of carbonyl (C=O) groups excluding carboxylic acids is 1. The van der Waals surface area contributed by atoms with Crippen LogP contribution in [0.4, 0.5) is 18.3 Å². The van der Waals surface area contributed by atoms with Crippen LogP contribution < -0.4 is 4.90 Å². The van der Waals surface area contributed by atoms with E-state index in [4.69, 9.17) is 0 Å². The third kappa shape index (κ3) is 4.44. The Balaban J connectivity index is 1.80. The van der Waals surface area contributed by atoms with E-state index in [0.29, 0.717) is 5.13 Å². The van der Waals surface area contributed by atoms with Crippen molar-refractivity contribution in [3.8, 4) is 0 Å². The number of benzene rings is 2. The summed E-state index contributed by atoms with van der Waals surface area (Å²) in [5, 5.41) is 0.426. The number of amides is 1. The van der Waals surface area contributed by atoms with Gasteiger partial charge in [-0.05, 0) is 60.9 Å². The predicted molar refractivity (Wildman–Crippen MR) is 115 cm³/mol. The average Bonchev–Trinajstić information content (AvgIpc) is 3.16. The fourth-order valence-corrected chi connectivity index (χ4v) is 4.38. The van der Waals surface area contributed by atoms with E-state index in [1.54, 1.807) is 18.5 Å². The van der Waals surface area contributed by atoms with E-state index in [9.17, 15) is 18.0 Å². The minimum atomic E-state index is -4.53. The summed E-state index contributed by atoms with van der Waals surface area (Å²) < 4.78 is 40.5. The SMILES string of the molecule is Cc1cc(C)c2sc(N(Cc3cccnc3)C(=O)c3cccc(C(F)(F)F)c3)nc2c1. The molecule has 0 saturated carbocycles. The molecule has 2 aromatic heterocycles. The van der Waals surface area contributed by atoms with E-state index in [1.165, 1.54) is 28.4 Å². The minimum absolute atomic E-state index is 0.0501. The van der Waals surface area contributed by atoms with Gasteiger partial charge in [-0.15, -0.1) is 0 Å². The normalized spacial score (nSPS) is 11.6. The zero-order valence-corrected chi connectivity index (χ0v) is 17.6. The third-order valence-electron chi connectivity index (χ3n) is 4.79. The van der Waals surface area contributed by atoms with Crippen molar-refractivity contribution in [1.29, 1.82) is 0 Å². The highest BCUT2D eigenvalue weighted by atomic mass is 32.1. The lowest BCUT2D eigenvalue weighted by Crippen LogP contribution is -2.30. The highest BCUT2D eigenvalue weighted by molar-refractivity contribution is 7.22. The van der Waals surface area contributed by atoms with Crippen LogP contribution in [0.15, 0.2) is 60.9 Å². The second-order valence-corrected chi connectivity index (χ2v) is 8.24. The zero-order chi connectivity index (χ0) is 22.2. The first kappa shape index (κ1) is 21.0. The number of alkyl halides is 3. The molecule has 0 N–H and O–H groups in total. The van der Waals surface area contributed by atoms with E-state index in [0.717, 1.165) is 39.0 Å². The standard InChI is InChI=1S/C23H18F3N3OS/c1-14-9-15(2)20-19(10-14)28-22(31-20)29(13-16-5-4-8-27-12-16)21(30)17-6-3-7-18(11-17)23(24,25)26/h3-12H,13H2,1-2H3. The number of carbonyl (C=O) groups is 1. The summed E-state index contributed by atoms with van der Waals surface area (Å²) in [4.78, 5) is 23.5. The second kappa shape index (κ2) is 8.11. The Morgan fingerprint density at radius 1 is 1.10 bits per heavy atom. The molecule has 4 aromatic rings. The maximum absolute atomic E-state index is 13.4. The van der Waals surface area contributed by atoms with Crippen molar-refractivity contribution >= 4 is 32.6 Å². The van der Waals surface area contributed by atoms with Crippen molar-refractivity contribution in [2.45, 2.75) is 26.6 Å². The lowest BCUT2D eigenvalue weighted by molar-refractivity contribution is -0.137. The van der Waals surface area contributed by atoms with Gasteiger partial charge in [0.15, 0.2) is 5.13 Å². The Labute approximate surface area is 181 Å². The molecule has 158 valence electrons. The number of anilines is 1. The monoisotopic (exact) mass is 441 g/mol. The molecule has 2 heterocycles. The molecule has 1 amide bonds. The van der Waals surface area contributed by atoms with E-state index in [1.807, 2.05) is 32.0 Å². The van der Waals surface area contributed by atoms with Gasteiger partial charge in [-0.1, -0.05) is 29.5 Å². The van der Waals surface area contributed by atoms with Crippen molar-refractivity contribution < 1.29 is 18.0 Å². The zero-order valence-electron chi connectivity index (χ0n) is 16.8. The van der Waals surface area contributed by atoms with Crippen molar-refractivity contribution in [3.05, 3.63) is 88.7 Å². The Kier molecular flexibility index (Phi) is 5.49. The van der Waals surface area contributed by atoms with Gasteiger partial charge >= 0.3 is 6.18 Å². The molecule has 0 fully saturated rings. The molecule has 0 radical (unpaired) electrons. The van der Waals surface area contributed by atoms with Crippen LogP contribution in [-0.4, -0.2) is 15.9 Å². The highest BCUT2D eigenvalue weighted by Gasteiger charge is 2.32. The van der Waals surface area contributed by atoms with Crippen LogP contribution in [0.5, 0.6) is 0 Å². The van der Waals surface area contributed by atoms with Crippen LogP contribution in [0.2, 0.25) is 0 Å². The average molecular weight is 441 g/mol. The van der Waals surface area contributed by atoms with Gasteiger partial charge in [0, 0.05) is 18.0 Å². The van der Waals surface area contributed by atoms with E-state index >= 15 is 0 Å². The van der Waals surface area contributed by atoms with Crippen LogP contribution in [0.1, 0.15) is 32.6 Å². The number of pyridine rings is 1. The Bertz CT molecular complexity index is 1250. The summed E-state index contributed by atoms with van der Waals surface area (Å²) in [6.45, 7) is 4.07. The number of aryl methyl sites for hydroxylation is 2. The van der Waals surface area contributed by atoms with Crippen molar-refractivity contribution in [2.75, 3.05) is 4.90 Å². The number of thiazole rings is 1. The smallest absolute Gasteiger partial charge is 0.279 e. The molecule has 0 spiro atoms. The molecule has 4 rings (SSSR count). The lowest BCUT2D eigenvalue weighted by Gasteiger charge is -2.20. The fraction of sp³-hybridized carbons (Fsp3) is 0.174. The summed E-state index contributed by atoms with van der Waals surface area (Å²) in [5.74, 6) is -0.552. The highest BCUT2D eigenvalue weighted by Crippen LogP contribution is 2.34.